The second-order valence-corrected chi connectivity index (χ2v) is 5.17. The van der Waals surface area contributed by atoms with Crippen molar-refractivity contribution in [2.75, 3.05) is 25.1 Å². The Morgan fingerprint density at radius 3 is 1.92 bits per heavy atom. The molecule has 2 rings (SSSR count). The van der Waals surface area contributed by atoms with Gasteiger partial charge in [-0.3, -0.25) is 4.79 Å². The summed E-state index contributed by atoms with van der Waals surface area (Å²) in [6.07, 6.45) is 2.91. The number of anilines is 2. The van der Waals surface area contributed by atoms with E-state index in [1.54, 1.807) is 40.0 Å². The number of carbonyl (C=O) groups is 2. The Bertz CT molecular complexity index is 762. The number of esters is 1. The maximum absolute atomic E-state index is 11.3. The van der Waals surface area contributed by atoms with Gasteiger partial charge in [-0.05, 0) is 44.0 Å². The molecule has 8 heteroatoms. The van der Waals surface area contributed by atoms with E-state index in [0.29, 0.717) is 29.4 Å². The molecule has 2 heterocycles. The number of pyridine rings is 2. The van der Waals surface area contributed by atoms with E-state index in [4.69, 9.17) is 16.2 Å². The fraction of sp³-hybridized carbons (Fsp3) is 0.294. The number of aromatic nitrogens is 2. The molecule has 2 aromatic rings. The normalized spacial score (nSPS) is 9.60. The first kappa shape index (κ1) is 19.9. The monoisotopic (exact) mass is 345 g/mol. The Kier molecular flexibility index (Phi) is 7.33. The average Bonchev–Trinajstić information content (AvgIpc) is 2.55. The summed E-state index contributed by atoms with van der Waals surface area (Å²) in [5.74, 6) is -0.590. The highest BCUT2D eigenvalue weighted by Gasteiger charge is 2.11. The maximum atomic E-state index is 11.3. The highest BCUT2D eigenvalue weighted by atomic mass is 16.5. The molecular weight excluding hydrogens is 322 g/mol. The van der Waals surface area contributed by atoms with Crippen LogP contribution in [0.25, 0.3) is 0 Å². The van der Waals surface area contributed by atoms with Crippen LogP contribution in [-0.2, 0) is 4.74 Å². The predicted molar refractivity (Wildman–Crippen MR) is 96.1 cm³/mol. The van der Waals surface area contributed by atoms with Crippen molar-refractivity contribution in [2.24, 2.45) is 0 Å². The van der Waals surface area contributed by atoms with Crippen LogP contribution in [0.5, 0.6) is 0 Å². The van der Waals surface area contributed by atoms with E-state index < -0.39 is 5.97 Å². The predicted octanol–water partition coefficient (Wildman–Crippen LogP) is 1.48. The Balaban J connectivity index is 0.000000251. The molecule has 8 nitrogen and oxygen atoms in total. The topological polar surface area (TPSA) is 133 Å². The lowest BCUT2D eigenvalue weighted by atomic mass is 10.2. The van der Waals surface area contributed by atoms with Gasteiger partial charge in [-0.15, -0.1) is 0 Å². The summed E-state index contributed by atoms with van der Waals surface area (Å²) < 4.78 is 4.81. The molecule has 0 bridgehead atoms. The Labute approximate surface area is 146 Å². The largest absolute Gasteiger partial charge is 0.461 e. The van der Waals surface area contributed by atoms with Crippen LogP contribution in [0.4, 0.5) is 11.4 Å². The van der Waals surface area contributed by atoms with Gasteiger partial charge < -0.3 is 21.5 Å². The van der Waals surface area contributed by atoms with Crippen LogP contribution in [0.1, 0.15) is 39.0 Å². The second kappa shape index (κ2) is 9.21. The summed E-state index contributed by atoms with van der Waals surface area (Å²) in [5, 5.41) is 2.50. The van der Waals surface area contributed by atoms with Crippen LogP contribution in [0.3, 0.4) is 0 Å². The molecule has 25 heavy (non-hydrogen) atoms. The number of hydrogen-bond donors (Lipinski definition) is 3. The van der Waals surface area contributed by atoms with Gasteiger partial charge in [0.05, 0.1) is 30.4 Å². The van der Waals surface area contributed by atoms with Crippen LogP contribution in [0, 0.1) is 13.8 Å². The molecule has 0 saturated heterocycles. The van der Waals surface area contributed by atoms with E-state index in [-0.39, 0.29) is 5.91 Å². The van der Waals surface area contributed by atoms with Gasteiger partial charge >= 0.3 is 5.97 Å². The molecule has 0 aromatic carbocycles. The van der Waals surface area contributed by atoms with Crippen LogP contribution in [-0.4, -0.2) is 35.5 Å². The minimum absolute atomic E-state index is 0.187. The van der Waals surface area contributed by atoms with Crippen molar-refractivity contribution in [2.45, 2.75) is 20.8 Å². The SMILES string of the molecule is CCOC(=O)c1ncc(N)cc1C.CNC(=O)c1ncc(N)cc1C. The fourth-order valence-electron chi connectivity index (χ4n) is 1.96. The average molecular weight is 345 g/mol. The summed E-state index contributed by atoms with van der Waals surface area (Å²) in [4.78, 5) is 30.2. The zero-order chi connectivity index (χ0) is 19.0. The molecule has 0 atom stereocenters. The molecular formula is C17H23N5O3. The van der Waals surface area contributed by atoms with Crippen molar-refractivity contribution >= 4 is 23.3 Å². The van der Waals surface area contributed by atoms with E-state index >= 15 is 0 Å². The zero-order valence-electron chi connectivity index (χ0n) is 14.8. The van der Waals surface area contributed by atoms with Gasteiger partial charge in [-0.1, -0.05) is 0 Å². The van der Waals surface area contributed by atoms with Crippen molar-refractivity contribution in [3.63, 3.8) is 0 Å². The van der Waals surface area contributed by atoms with E-state index in [1.807, 2.05) is 0 Å². The number of rotatable bonds is 3. The van der Waals surface area contributed by atoms with Crippen molar-refractivity contribution in [1.29, 1.82) is 0 Å². The summed E-state index contributed by atoms with van der Waals surface area (Å²) in [6.45, 7) is 5.68. The van der Waals surface area contributed by atoms with Gasteiger partial charge in [-0.25, -0.2) is 14.8 Å². The molecule has 0 spiro atoms. The molecule has 0 aliphatic carbocycles. The minimum atomic E-state index is -0.403. The van der Waals surface area contributed by atoms with E-state index in [1.165, 1.54) is 12.4 Å². The number of carbonyl (C=O) groups excluding carboxylic acids is 2. The molecule has 0 fully saturated rings. The van der Waals surface area contributed by atoms with Crippen LogP contribution >= 0.6 is 0 Å². The highest BCUT2D eigenvalue weighted by Crippen LogP contribution is 2.10. The number of hydrogen-bond acceptors (Lipinski definition) is 7. The fourth-order valence-corrected chi connectivity index (χ4v) is 1.96. The number of aryl methyl sites for hydroxylation is 2. The highest BCUT2D eigenvalue weighted by molar-refractivity contribution is 5.93. The van der Waals surface area contributed by atoms with Gasteiger partial charge in [0.25, 0.3) is 5.91 Å². The standard InChI is InChI=1S/C9H12N2O2.C8H11N3O/c1-3-13-9(12)8-6(2)4-7(10)5-11-8;1-5-3-6(9)4-11-7(5)8(12)10-2/h4-5H,3,10H2,1-2H3;3-4H,9H2,1-2H3,(H,10,12). The molecule has 0 aliphatic rings. The van der Waals surface area contributed by atoms with Gasteiger partial charge in [0.1, 0.15) is 5.69 Å². The first-order chi connectivity index (χ1) is 11.8. The summed E-state index contributed by atoms with van der Waals surface area (Å²) in [7, 11) is 1.57. The lowest BCUT2D eigenvalue weighted by Crippen LogP contribution is -2.20. The molecule has 0 unspecified atom stereocenters. The van der Waals surface area contributed by atoms with Gasteiger partial charge in [0.2, 0.25) is 0 Å². The van der Waals surface area contributed by atoms with Gasteiger partial charge in [0, 0.05) is 7.05 Å². The Hall–Kier alpha value is -3.16. The molecule has 2 aromatic heterocycles. The first-order valence-corrected chi connectivity index (χ1v) is 7.63. The lowest BCUT2D eigenvalue weighted by molar-refractivity contribution is 0.0518. The molecule has 0 saturated carbocycles. The van der Waals surface area contributed by atoms with Crippen LogP contribution < -0.4 is 16.8 Å². The van der Waals surface area contributed by atoms with Crippen molar-refractivity contribution in [1.82, 2.24) is 15.3 Å². The van der Waals surface area contributed by atoms with Crippen molar-refractivity contribution in [3.05, 3.63) is 47.0 Å². The number of amides is 1. The zero-order valence-corrected chi connectivity index (χ0v) is 14.8. The van der Waals surface area contributed by atoms with Crippen molar-refractivity contribution < 1.29 is 14.3 Å². The Morgan fingerprint density at radius 1 is 1.04 bits per heavy atom. The summed E-state index contributed by atoms with van der Waals surface area (Å²) in [5.41, 5.74) is 14.4. The summed E-state index contributed by atoms with van der Waals surface area (Å²) in [6, 6.07) is 3.41. The van der Waals surface area contributed by atoms with E-state index in [2.05, 4.69) is 15.3 Å². The van der Waals surface area contributed by atoms with Crippen molar-refractivity contribution in [3.8, 4) is 0 Å². The molecule has 0 radical (unpaired) electrons. The van der Waals surface area contributed by atoms with E-state index in [0.717, 1.165) is 11.1 Å². The quantitative estimate of drug-likeness (QED) is 0.717. The van der Waals surface area contributed by atoms with Gasteiger partial charge in [0.15, 0.2) is 5.69 Å². The number of ether oxygens (including phenoxy) is 1. The smallest absolute Gasteiger partial charge is 0.357 e. The lowest BCUT2D eigenvalue weighted by Gasteiger charge is -2.04. The molecule has 1 amide bonds. The molecule has 134 valence electrons. The molecule has 5 N–H and O–H groups in total. The molecule has 0 aliphatic heterocycles. The number of nitrogens with one attached hydrogen (secondary N) is 1. The minimum Gasteiger partial charge on any atom is -0.461 e. The Morgan fingerprint density at radius 2 is 1.52 bits per heavy atom. The van der Waals surface area contributed by atoms with Crippen LogP contribution in [0.15, 0.2) is 24.5 Å². The van der Waals surface area contributed by atoms with Gasteiger partial charge in [-0.2, -0.15) is 0 Å². The number of nitrogen functional groups attached to an aromatic ring is 2. The van der Waals surface area contributed by atoms with E-state index in [9.17, 15) is 9.59 Å². The first-order valence-electron chi connectivity index (χ1n) is 7.63. The maximum Gasteiger partial charge on any atom is 0.357 e. The third-order valence-corrected chi connectivity index (χ3v) is 3.11. The second-order valence-electron chi connectivity index (χ2n) is 5.17. The third kappa shape index (κ3) is 5.76. The summed E-state index contributed by atoms with van der Waals surface area (Å²) >= 11 is 0. The number of nitrogens with two attached hydrogens (primary N) is 2. The number of nitrogens with zero attached hydrogens (tertiary/aromatic N) is 2. The third-order valence-electron chi connectivity index (χ3n) is 3.11. The van der Waals surface area contributed by atoms with Crippen LogP contribution in [0.2, 0.25) is 0 Å².